The number of hydrogen-bond acceptors (Lipinski definition) is 1. The van der Waals surface area contributed by atoms with Crippen LogP contribution in [0.3, 0.4) is 0 Å². The minimum Gasteiger partial charge on any atom is -0.456 e. The van der Waals surface area contributed by atoms with Crippen LogP contribution in [0.5, 0.6) is 0 Å². The number of aromatic nitrogens is 2. The van der Waals surface area contributed by atoms with E-state index >= 15 is 0 Å². The molecule has 10 aromatic rings. The van der Waals surface area contributed by atoms with Crippen molar-refractivity contribution in [3.8, 4) is 22.5 Å². The summed E-state index contributed by atoms with van der Waals surface area (Å²) < 4.78 is 11.2. The molecule has 3 heteroatoms. The van der Waals surface area contributed by atoms with Gasteiger partial charge in [0, 0.05) is 43.6 Å². The molecule has 0 spiro atoms. The van der Waals surface area contributed by atoms with Crippen LogP contribution in [0.1, 0.15) is 0 Å². The van der Waals surface area contributed by atoms with Crippen LogP contribution in [0.4, 0.5) is 0 Å². The van der Waals surface area contributed by atoms with Crippen LogP contribution in [-0.4, -0.2) is 9.13 Å². The van der Waals surface area contributed by atoms with Crippen LogP contribution in [0, 0.1) is 0 Å². The summed E-state index contributed by atoms with van der Waals surface area (Å²) in [5.41, 5.74) is 11.2. The summed E-state index contributed by atoms with van der Waals surface area (Å²) in [4.78, 5) is 0. The molecule has 0 unspecified atom stereocenters. The fourth-order valence-electron chi connectivity index (χ4n) is 7.44. The van der Waals surface area contributed by atoms with Crippen LogP contribution in [0.25, 0.3) is 88.1 Å². The van der Waals surface area contributed by atoms with Gasteiger partial charge >= 0.3 is 0 Å². The Hall–Kier alpha value is -6.06. The number of benzene rings is 7. The van der Waals surface area contributed by atoms with Gasteiger partial charge in [-0.1, -0.05) is 103 Å². The Balaban J connectivity index is 1.33. The lowest BCUT2D eigenvalue weighted by Crippen LogP contribution is -1.97. The summed E-state index contributed by atoms with van der Waals surface area (Å²) in [6.45, 7) is 0. The number of hydrogen-bond donors (Lipinski definition) is 0. The minimum absolute atomic E-state index is 0.904. The predicted octanol–water partition coefficient (Wildman–Crippen LogP) is 11.4. The van der Waals surface area contributed by atoms with Gasteiger partial charge < -0.3 is 13.6 Å². The van der Waals surface area contributed by atoms with Crippen molar-refractivity contribution in [1.29, 1.82) is 0 Å². The molecule has 0 fully saturated rings. The second-order valence-electron chi connectivity index (χ2n) is 11.7. The summed E-state index contributed by atoms with van der Waals surface area (Å²) in [6.07, 6.45) is 0. The van der Waals surface area contributed by atoms with Crippen LogP contribution in [0.15, 0.2) is 162 Å². The molecule has 3 aromatic heterocycles. The first-order chi connectivity index (χ1) is 22.3. The van der Waals surface area contributed by atoms with E-state index in [4.69, 9.17) is 4.42 Å². The third-order valence-corrected chi connectivity index (χ3v) is 9.32. The summed E-state index contributed by atoms with van der Waals surface area (Å²) in [7, 11) is 0. The normalized spacial score (nSPS) is 12.0. The summed E-state index contributed by atoms with van der Waals surface area (Å²) >= 11 is 0. The molecular weight excluding hydrogens is 548 g/mol. The van der Waals surface area contributed by atoms with E-state index in [9.17, 15) is 0 Å². The van der Waals surface area contributed by atoms with Gasteiger partial charge in [0.2, 0.25) is 0 Å². The van der Waals surface area contributed by atoms with Gasteiger partial charge in [-0.2, -0.15) is 0 Å². The Morgan fingerprint density at radius 3 is 1.91 bits per heavy atom. The third kappa shape index (κ3) is 3.41. The number of fused-ring (bicyclic) bond motifs is 9. The molecule has 0 aliphatic carbocycles. The van der Waals surface area contributed by atoms with E-state index in [1.54, 1.807) is 0 Å². The fourth-order valence-corrected chi connectivity index (χ4v) is 7.44. The average molecular weight is 575 g/mol. The molecule has 3 nitrogen and oxygen atoms in total. The number of para-hydroxylation sites is 5. The van der Waals surface area contributed by atoms with Crippen molar-refractivity contribution in [3.05, 3.63) is 158 Å². The Morgan fingerprint density at radius 1 is 0.400 bits per heavy atom. The van der Waals surface area contributed by atoms with E-state index in [1.807, 2.05) is 12.1 Å². The van der Waals surface area contributed by atoms with Crippen molar-refractivity contribution in [3.63, 3.8) is 0 Å². The molecule has 0 aliphatic rings. The van der Waals surface area contributed by atoms with Crippen LogP contribution in [0.2, 0.25) is 0 Å². The number of rotatable bonds is 3. The maximum absolute atomic E-state index is 6.34. The lowest BCUT2D eigenvalue weighted by atomic mass is 10.0. The molecule has 0 saturated heterocycles. The maximum atomic E-state index is 6.34. The SMILES string of the molecule is c1ccc(-n2c3ccccc3c3c(-n4c5ccccc5c5cccc(-c6ccc7c(c6)oc6ccccc67)c54)cccc32)cc1. The van der Waals surface area contributed by atoms with Gasteiger partial charge in [-0.15, -0.1) is 0 Å². The van der Waals surface area contributed by atoms with E-state index in [0.717, 1.165) is 33.2 Å². The molecule has 7 aromatic carbocycles. The highest BCUT2D eigenvalue weighted by atomic mass is 16.3. The van der Waals surface area contributed by atoms with Crippen molar-refractivity contribution < 1.29 is 4.42 Å². The second-order valence-corrected chi connectivity index (χ2v) is 11.7. The molecule has 0 bridgehead atoms. The van der Waals surface area contributed by atoms with Crippen molar-refractivity contribution in [2.24, 2.45) is 0 Å². The third-order valence-electron chi connectivity index (χ3n) is 9.32. The number of nitrogens with zero attached hydrogens (tertiary/aromatic N) is 2. The van der Waals surface area contributed by atoms with E-state index in [1.165, 1.54) is 54.9 Å². The van der Waals surface area contributed by atoms with Crippen molar-refractivity contribution in [2.45, 2.75) is 0 Å². The van der Waals surface area contributed by atoms with Crippen LogP contribution >= 0.6 is 0 Å². The Morgan fingerprint density at radius 2 is 1.04 bits per heavy atom. The van der Waals surface area contributed by atoms with E-state index in [-0.39, 0.29) is 0 Å². The first-order valence-corrected chi connectivity index (χ1v) is 15.4. The molecule has 210 valence electrons. The molecule has 0 radical (unpaired) electrons. The van der Waals surface area contributed by atoms with Crippen LogP contribution < -0.4 is 0 Å². The van der Waals surface area contributed by atoms with Gasteiger partial charge in [0.25, 0.3) is 0 Å². The molecular formula is C42H26N2O. The zero-order valence-electron chi connectivity index (χ0n) is 24.3. The zero-order valence-corrected chi connectivity index (χ0v) is 24.3. The topological polar surface area (TPSA) is 23.0 Å². The standard InChI is InChI=1S/C42H26N2O/c1-2-12-28(13-3-1)43-36-20-8-5-16-34(36)41-37(43)21-11-22-38(41)44-35-19-7-4-14-30(35)33-18-10-17-29(42(33)44)27-24-25-32-31-15-6-9-23-39(31)45-40(32)26-27/h1-26H. The lowest BCUT2D eigenvalue weighted by molar-refractivity contribution is 0.669. The van der Waals surface area contributed by atoms with Gasteiger partial charge in [0.05, 0.1) is 27.8 Å². The molecule has 0 saturated carbocycles. The van der Waals surface area contributed by atoms with E-state index < -0.39 is 0 Å². The monoisotopic (exact) mass is 574 g/mol. The van der Waals surface area contributed by atoms with Gasteiger partial charge in [-0.05, 0) is 60.2 Å². The molecule has 0 N–H and O–H groups in total. The minimum atomic E-state index is 0.904. The highest BCUT2D eigenvalue weighted by Crippen LogP contribution is 2.43. The molecule has 0 amide bonds. The van der Waals surface area contributed by atoms with Gasteiger partial charge in [-0.25, -0.2) is 0 Å². The van der Waals surface area contributed by atoms with Gasteiger partial charge in [0.1, 0.15) is 11.2 Å². The zero-order chi connectivity index (χ0) is 29.5. The largest absolute Gasteiger partial charge is 0.456 e. The van der Waals surface area contributed by atoms with E-state index in [0.29, 0.717) is 0 Å². The highest BCUT2D eigenvalue weighted by Gasteiger charge is 2.21. The fraction of sp³-hybridized carbons (Fsp3) is 0. The molecule has 45 heavy (non-hydrogen) atoms. The van der Waals surface area contributed by atoms with E-state index in [2.05, 4.69) is 155 Å². The maximum Gasteiger partial charge on any atom is 0.136 e. The molecule has 0 aliphatic heterocycles. The predicted molar refractivity (Wildman–Crippen MR) is 188 cm³/mol. The Bertz CT molecular complexity index is 2760. The van der Waals surface area contributed by atoms with Crippen molar-refractivity contribution in [2.75, 3.05) is 0 Å². The molecule has 3 heterocycles. The molecule has 10 rings (SSSR count). The average Bonchev–Trinajstić information content (AvgIpc) is 3.76. The highest BCUT2D eigenvalue weighted by molar-refractivity contribution is 6.18. The second kappa shape index (κ2) is 9.22. The number of furan rings is 1. The first kappa shape index (κ1) is 24.4. The Labute approximate surface area is 258 Å². The summed E-state index contributed by atoms with van der Waals surface area (Å²) in [6, 6.07) is 56.5. The summed E-state index contributed by atoms with van der Waals surface area (Å²) in [5.74, 6) is 0. The van der Waals surface area contributed by atoms with Gasteiger partial charge in [0.15, 0.2) is 0 Å². The molecule has 0 atom stereocenters. The Kier molecular flexibility index (Phi) is 5.00. The first-order valence-electron chi connectivity index (χ1n) is 15.4. The summed E-state index contributed by atoms with van der Waals surface area (Å²) in [5, 5.41) is 7.23. The van der Waals surface area contributed by atoms with Gasteiger partial charge in [-0.3, -0.25) is 0 Å². The quantitative estimate of drug-likeness (QED) is 0.206. The smallest absolute Gasteiger partial charge is 0.136 e. The van der Waals surface area contributed by atoms with Crippen molar-refractivity contribution in [1.82, 2.24) is 9.13 Å². The van der Waals surface area contributed by atoms with Crippen molar-refractivity contribution >= 4 is 65.6 Å². The lowest BCUT2D eigenvalue weighted by Gasteiger charge is -2.14. The van der Waals surface area contributed by atoms with Crippen LogP contribution in [-0.2, 0) is 0 Å².